The number of hydrogen-bond donors (Lipinski definition) is 1. The van der Waals surface area contributed by atoms with Gasteiger partial charge in [-0.2, -0.15) is 0 Å². The van der Waals surface area contributed by atoms with Crippen LogP contribution in [0.3, 0.4) is 0 Å². The van der Waals surface area contributed by atoms with Crippen molar-refractivity contribution in [3.8, 4) is 0 Å². The molecule has 2 heterocycles. The van der Waals surface area contributed by atoms with Gasteiger partial charge < -0.3 is 20.0 Å². The Bertz CT molecular complexity index is 620. The molecular weight excluding hydrogens is 364 g/mol. The lowest BCUT2D eigenvalue weighted by Crippen LogP contribution is -2.55. The van der Waals surface area contributed by atoms with Gasteiger partial charge in [-0.1, -0.05) is 30.3 Å². The fourth-order valence-electron chi connectivity index (χ4n) is 3.89. The molecule has 2 aliphatic rings. The third-order valence-corrected chi connectivity index (χ3v) is 5.49. The Morgan fingerprint density at radius 3 is 2.44 bits per heavy atom. The van der Waals surface area contributed by atoms with E-state index >= 15 is 0 Å². The number of nitrogens with one attached hydrogen (secondary N) is 1. The Morgan fingerprint density at radius 1 is 1.15 bits per heavy atom. The number of benzene rings is 1. The van der Waals surface area contributed by atoms with E-state index in [1.54, 1.807) is 4.90 Å². The van der Waals surface area contributed by atoms with Gasteiger partial charge in [0.1, 0.15) is 0 Å². The van der Waals surface area contributed by atoms with E-state index in [9.17, 15) is 9.59 Å². The van der Waals surface area contributed by atoms with Gasteiger partial charge in [0.05, 0.1) is 0 Å². The Morgan fingerprint density at radius 2 is 1.81 bits per heavy atom. The second-order valence-corrected chi connectivity index (χ2v) is 7.47. The molecule has 1 atom stereocenters. The van der Waals surface area contributed by atoms with Gasteiger partial charge in [0, 0.05) is 58.3 Å². The van der Waals surface area contributed by atoms with Crippen LogP contribution in [0.25, 0.3) is 0 Å². The van der Waals surface area contributed by atoms with Crippen LogP contribution in [0, 0.1) is 5.92 Å². The van der Waals surface area contributed by atoms with Gasteiger partial charge in [-0.25, -0.2) is 4.79 Å². The van der Waals surface area contributed by atoms with Crippen molar-refractivity contribution in [1.29, 1.82) is 0 Å². The molecule has 150 valence electrons. The summed E-state index contributed by atoms with van der Waals surface area (Å²) >= 11 is 0. The maximum Gasteiger partial charge on any atom is 0.320 e. The number of carbonyl (C=O) groups excluding carboxylic acids is 2. The quantitative estimate of drug-likeness (QED) is 0.855. The summed E-state index contributed by atoms with van der Waals surface area (Å²) in [5, 5.41) is 3.32. The highest BCUT2D eigenvalue weighted by atomic mass is 35.5. The second-order valence-electron chi connectivity index (χ2n) is 7.47. The third kappa shape index (κ3) is 5.36. The molecule has 0 bridgehead atoms. The Balaban J connectivity index is 0.00000261. The standard InChI is InChI=1S/C20H30N4O2.ClH/c1-16-14-21-10-13-24(16)19(25)18-8-11-23(12-9-18)20(26)22(2)15-17-6-4-3-5-7-17;/h3-7,16,18,21H,8-15H2,1-2H3;1H/t16-;/m1./s1. The van der Waals surface area contributed by atoms with Gasteiger partial charge in [-0.3, -0.25) is 4.79 Å². The first-order valence-electron chi connectivity index (χ1n) is 9.61. The molecule has 6 nitrogen and oxygen atoms in total. The van der Waals surface area contributed by atoms with Crippen LogP contribution in [0.1, 0.15) is 25.3 Å². The molecule has 3 rings (SSSR count). The number of urea groups is 1. The lowest BCUT2D eigenvalue weighted by molar-refractivity contribution is -0.139. The van der Waals surface area contributed by atoms with E-state index in [0.717, 1.165) is 38.0 Å². The van der Waals surface area contributed by atoms with Crippen molar-refractivity contribution >= 4 is 24.3 Å². The summed E-state index contributed by atoms with van der Waals surface area (Å²) in [6.07, 6.45) is 1.53. The first kappa shape index (κ1) is 21.5. The van der Waals surface area contributed by atoms with Gasteiger partial charge in [-0.15, -0.1) is 12.4 Å². The zero-order valence-corrected chi connectivity index (χ0v) is 17.1. The molecule has 0 unspecified atom stereocenters. The summed E-state index contributed by atoms with van der Waals surface area (Å²) in [6.45, 7) is 6.56. The van der Waals surface area contributed by atoms with E-state index in [1.165, 1.54) is 0 Å². The minimum absolute atomic E-state index is 0. The summed E-state index contributed by atoms with van der Waals surface area (Å²) in [5.74, 6) is 0.322. The Kier molecular flexibility index (Phi) is 7.92. The summed E-state index contributed by atoms with van der Waals surface area (Å²) in [5.41, 5.74) is 1.13. The van der Waals surface area contributed by atoms with Crippen LogP contribution in [0.4, 0.5) is 4.79 Å². The largest absolute Gasteiger partial charge is 0.337 e. The number of nitrogens with zero attached hydrogens (tertiary/aromatic N) is 3. The van der Waals surface area contributed by atoms with Gasteiger partial charge in [0.15, 0.2) is 0 Å². The summed E-state index contributed by atoms with van der Waals surface area (Å²) in [7, 11) is 1.84. The molecule has 0 aromatic heterocycles. The molecule has 2 aliphatic heterocycles. The van der Waals surface area contributed by atoms with Gasteiger partial charge in [0.2, 0.25) is 5.91 Å². The zero-order valence-electron chi connectivity index (χ0n) is 16.3. The molecule has 0 saturated carbocycles. The van der Waals surface area contributed by atoms with Crippen LogP contribution < -0.4 is 5.32 Å². The highest BCUT2D eigenvalue weighted by Gasteiger charge is 2.33. The minimum Gasteiger partial charge on any atom is -0.337 e. The average molecular weight is 395 g/mol. The van der Waals surface area contributed by atoms with Crippen LogP contribution in [-0.2, 0) is 11.3 Å². The molecule has 3 amide bonds. The first-order valence-corrected chi connectivity index (χ1v) is 9.61. The average Bonchev–Trinajstić information content (AvgIpc) is 2.68. The van der Waals surface area contributed by atoms with E-state index in [0.29, 0.717) is 19.6 Å². The zero-order chi connectivity index (χ0) is 18.5. The van der Waals surface area contributed by atoms with Crippen molar-refractivity contribution in [3.63, 3.8) is 0 Å². The van der Waals surface area contributed by atoms with E-state index in [2.05, 4.69) is 12.2 Å². The van der Waals surface area contributed by atoms with Crippen molar-refractivity contribution in [2.45, 2.75) is 32.4 Å². The number of carbonyl (C=O) groups is 2. The molecule has 0 radical (unpaired) electrons. The van der Waals surface area contributed by atoms with Crippen LogP contribution in [0.15, 0.2) is 30.3 Å². The normalized spacial score (nSPS) is 20.7. The second kappa shape index (κ2) is 9.95. The van der Waals surface area contributed by atoms with Crippen molar-refractivity contribution in [2.75, 3.05) is 39.8 Å². The van der Waals surface area contributed by atoms with E-state index in [1.807, 2.05) is 47.2 Å². The lowest BCUT2D eigenvalue weighted by atomic mass is 9.94. The van der Waals surface area contributed by atoms with Gasteiger partial charge >= 0.3 is 6.03 Å². The van der Waals surface area contributed by atoms with Crippen LogP contribution in [0.5, 0.6) is 0 Å². The number of piperidine rings is 1. The third-order valence-electron chi connectivity index (χ3n) is 5.49. The number of piperazine rings is 1. The summed E-state index contributed by atoms with van der Waals surface area (Å²) in [4.78, 5) is 31.1. The van der Waals surface area contributed by atoms with E-state index in [-0.39, 0.29) is 36.3 Å². The van der Waals surface area contributed by atoms with Gasteiger partial charge in [0.25, 0.3) is 0 Å². The smallest absolute Gasteiger partial charge is 0.320 e. The molecule has 0 spiro atoms. The SMILES string of the molecule is C[C@@H]1CNCCN1C(=O)C1CCN(C(=O)N(C)Cc2ccccc2)CC1.Cl. The predicted octanol–water partition coefficient (Wildman–Crippen LogP) is 2.19. The van der Waals surface area contributed by atoms with Crippen LogP contribution in [0.2, 0.25) is 0 Å². The Hall–Kier alpha value is -1.79. The maximum atomic E-state index is 12.8. The molecule has 1 aromatic rings. The topological polar surface area (TPSA) is 55.9 Å². The number of hydrogen-bond acceptors (Lipinski definition) is 3. The fourth-order valence-corrected chi connectivity index (χ4v) is 3.89. The van der Waals surface area contributed by atoms with Crippen LogP contribution in [-0.4, -0.2) is 72.5 Å². The number of halogens is 1. The van der Waals surface area contributed by atoms with Gasteiger partial charge in [-0.05, 0) is 25.3 Å². The number of likely N-dealkylation sites (tertiary alicyclic amines) is 1. The molecule has 2 saturated heterocycles. The molecule has 2 fully saturated rings. The molecule has 1 aromatic carbocycles. The molecule has 1 N–H and O–H groups in total. The highest BCUT2D eigenvalue weighted by molar-refractivity contribution is 5.85. The fraction of sp³-hybridized carbons (Fsp3) is 0.600. The minimum atomic E-state index is 0. The van der Waals surface area contributed by atoms with Crippen molar-refractivity contribution in [1.82, 2.24) is 20.0 Å². The molecule has 7 heteroatoms. The summed E-state index contributed by atoms with van der Waals surface area (Å²) < 4.78 is 0. The first-order chi connectivity index (χ1) is 12.6. The van der Waals surface area contributed by atoms with Crippen molar-refractivity contribution in [2.24, 2.45) is 5.92 Å². The van der Waals surface area contributed by atoms with Crippen molar-refractivity contribution < 1.29 is 9.59 Å². The van der Waals surface area contributed by atoms with E-state index in [4.69, 9.17) is 0 Å². The molecule has 27 heavy (non-hydrogen) atoms. The number of rotatable bonds is 3. The van der Waals surface area contributed by atoms with E-state index < -0.39 is 0 Å². The molecular formula is C20H31ClN4O2. The number of amides is 3. The Labute approximate surface area is 168 Å². The van der Waals surface area contributed by atoms with Crippen molar-refractivity contribution in [3.05, 3.63) is 35.9 Å². The highest BCUT2D eigenvalue weighted by Crippen LogP contribution is 2.22. The lowest BCUT2D eigenvalue weighted by Gasteiger charge is -2.39. The molecule has 0 aliphatic carbocycles. The monoisotopic (exact) mass is 394 g/mol. The summed E-state index contributed by atoms with van der Waals surface area (Å²) in [6, 6.07) is 10.3. The maximum absolute atomic E-state index is 12.8. The van der Waals surface area contributed by atoms with Crippen LogP contribution >= 0.6 is 12.4 Å². The predicted molar refractivity (Wildman–Crippen MR) is 109 cm³/mol.